The van der Waals surface area contributed by atoms with Crippen LogP contribution in [0.15, 0.2) is 83.4 Å². The SMILES string of the molecule is Cc1cc(OCCO)cc(C)c1N(CCCCO)c1ccc(C2=C([O-])/C(=C3C=C/C(=[N+](/CCCCO)c4c(C)cc(OCCO)cc4C)C=C/3O)C2=O)c(O)c1. The van der Waals surface area contributed by atoms with E-state index in [1.165, 1.54) is 12.1 Å². The summed E-state index contributed by atoms with van der Waals surface area (Å²) < 4.78 is 13.3. The molecule has 0 spiro atoms. The van der Waals surface area contributed by atoms with Gasteiger partial charge in [0.05, 0.1) is 19.3 Å². The number of anilines is 2. The second-order valence-electron chi connectivity index (χ2n) is 13.9. The van der Waals surface area contributed by atoms with E-state index in [-0.39, 0.29) is 73.4 Å². The van der Waals surface area contributed by atoms with Crippen molar-refractivity contribution in [2.24, 2.45) is 0 Å². The van der Waals surface area contributed by atoms with Gasteiger partial charge in [0.15, 0.2) is 5.78 Å². The molecule has 0 heterocycles. The van der Waals surface area contributed by atoms with Gasteiger partial charge in [-0.1, -0.05) is 5.76 Å². The van der Waals surface area contributed by atoms with E-state index < -0.39 is 11.5 Å². The number of carbonyl (C=O) groups is 1. The number of aliphatic hydroxyl groups excluding tert-OH is 5. The van der Waals surface area contributed by atoms with E-state index in [1.54, 1.807) is 24.3 Å². The molecule has 0 saturated carbocycles. The van der Waals surface area contributed by atoms with Crippen LogP contribution in [0.3, 0.4) is 0 Å². The van der Waals surface area contributed by atoms with Crippen molar-refractivity contribution in [1.82, 2.24) is 0 Å². The molecule has 3 aromatic carbocycles. The maximum atomic E-state index is 13.7. The van der Waals surface area contributed by atoms with Crippen LogP contribution in [-0.2, 0) is 4.79 Å². The van der Waals surface area contributed by atoms with Crippen molar-refractivity contribution in [2.75, 3.05) is 57.6 Å². The fourth-order valence-corrected chi connectivity index (χ4v) is 7.36. The number of aryl methyl sites for hydroxylation is 4. The number of hydrogen-bond donors (Lipinski definition) is 6. The van der Waals surface area contributed by atoms with Gasteiger partial charge in [-0.25, -0.2) is 0 Å². The summed E-state index contributed by atoms with van der Waals surface area (Å²) in [5, 5.41) is 73.5. The number of carbonyl (C=O) groups excluding carboxylic acids is 1. The van der Waals surface area contributed by atoms with Gasteiger partial charge in [-0.2, -0.15) is 4.58 Å². The summed E-state index contributed by atoms with van der Waals surface area (Å²) in [6.45, 7) is 8.95. The number of unbranched alkanes of at least 4 members (excludes halogenated alkanes) is 2. The first kappa shape index (κ1) is 41.8. The molecule has 0 bridgehead atoms. The Morgan fingerprint density at radius 1 is 0.714 bits per heavy atom. The summed E-state index contributed by atoms with van der Waals surface area (Å²) in [6, 6.07) is 12.3. The molecule has 2 aliphatic carbocycles. The molecule has 3 aromatic rings. The molecule has 0 radical (unpaired) electrons. The normalized spacial score (nSPS) is 16.2. The van der Waals surface area contributed by atoms with Crippen LogP contribution in [0.4, 0.5) is 17.1 Å². The lowest BCUT2D eigenvalue weighted by atomic mass is 9.79. The quantitative estimate of drug-likeness (QED) is 0.0594. The zero-order valence-electron chi connectivity index (χ0n) is 32.5. The van der Waals surface area contributed by atoms with Gasteiger partial charge in [0.25, 0.3) is 0 Å². The Bertz CT molecular complexity index is 2060. The molecule has 0 saturated heterocycles. The Morgan fingerprint density at radius 3 is 1.84 bits per heavy atom. The van der Waals surface area contributed by atoms with Crippen molar-refractivity contribution in [1.29, 1.82) is 0 Å². The van der Waals surface area contributed by atoms with Crippen LogP contribution < -0.4 is 19.5 Å². The summed E-state index contributed by atoms with van der Waals surface area (Å²) >= 11 is 0. The summed E-state index contributed by atoms with van der Waals surface area (Å²) in [5.41, 5.74) is 6.44. The number of hydrogen-bond acceptors (Lipinski definition) is 11. The molecule has 0 aromatic heterocycles. The molecule has 0 aliphatic heterocycles. The number of rotatable bonds is 18. The van der Waals surface area contributed by atoms with E-state index in [1.807, 2.05) is 61.4 Å². The first-order chi connectivity index (χ1) is 26.9. The highest BCUT2D eigenvalue weighted by Crippen LogP contribution is 2.44. The van der Waals surface area contributed by atoms with E-state index in [4.69, 9.17) is 9.47 Å². The Hall–Kier alpha value is -5.40. The second-order valence-corrected chi connectivity index (χ2v) is 13.9. The Labute approximate surface area is 327 Å². The summed E-state index contributed by atoms with van der Waals surface area (Å²) in [4.78, 5) is 15.7. The molecule has 56 heavy (non-hydrogen) atoms. The third kappa shape index (κ3) is 9.00. The van der Waals surface area contributed by atoms with Crippen molar-refractivity contribution < 1.29 is 54.6 Å². The van der Waals surface area contributed by atoms with E-state index >= 15 is 0 Å². The minimum Gasteiger partial charge on any atom is -0.871 e. The Kier molecular flexibility index (Phi) is 14.1. The third-order valence-corrected chi connectivity index (χ3v) is 9.80. The van der Waals surface area contributed by atoms with Gasteiger partial charge >= 0.3 is 0 Å². The van der Waals surface area contributed by atoms with Crippen LogP contribution in [-0.4, -0.2) is 99.4 Å². The number of aliphatic hydroxyl groups is 5. The topological polar surface area (TPSA) is 186 Å². The molecule has 12 heteroatoms. The monoisotopic (exact) mass is 768 g/mol. The zero-order valence-corrected chi connectivity index (χ0v) is 32.5. The average molecular weight is 769 g/mol. The number of allylic oxidation sites excluding steroid dienone is 5. The maximum Gasteiger partial charge on any atom is 0.211 e. The van der Waals surface area contributed by atoms with E-state index in [0.717, 1.165) is 33.6 Å². The molecule has 5 rings (SSSR count). The fourth-order valence-electron chi connectivity index (χ4n) is 7.36. The second kappa shape index (κ2) is 19.0. The molecule has 2 aliphatic rings. The summed E-state index contributed by atoms with van der Waals surface area (Å²) in [7, 11) is 0. The molecule has 0 fully saturated rings. The van der Waals surface area contributed by atoms with Gasteiger partial charge in [-0.05, 0) is 101 Å². The van der Waals surface area contributed by atoms with Crippen molar-refractivity contribution in [3.05, 3.63) is 111 Å². The minimum absolute atomic E-state index is 0.0299. The highest BCUT2D eigenvalue weighted by molar-refractivity contribution is 6.39. The summed E-state index contributed by atoms with van der Waals surface area (Å²) in [6.07, 6.45) is 7.25. The highest BCUT2D eigenvalue weighted by Gasteiger charge is 2.35. The molecular weight excluding hydrogens is 716 g/mol. The molecule has 6 N–H and O–H groups in total. The lowest BCUT2D eigenvalue weighted by Gasteiger charge is -2.33. The average Bonchev–Trinajstić information content (AvgIpc) is 3.16. The van der Waals surface area contributed by atoms with Crippen molar-refractivity contribution in [2.45, 2.75) is 53.4 Å². The highest BCUT2D eigenvalue weighted by atomic mass is 16.5. The number of benzene rings is 3. The van der Waals surface area contributed by atoms with Crippen molar-refractivity contribution in [3.8, 4) is 17.2 Å². The predicted molar refractivity (Wildman–Crippen MR) is 213 cm³/mol. The van der Waals surface area contributed by atoms with Gasteiger partial charge in [-0.3, -0.25) is 4.79 Å². The number of aromatic hydroxyl groups is 1. The van der Waals surface area contributed by atoms with Crippen molar-refractivity contribution >= 4 is 34.1 Å². The first-order valence-electron chi connectivity index (χ1n) is 18.9. The first-order valence-corrected chi connectivity index (χ1v) is 18.9. The molecular formula is C44H52N2O10. The van der Waals surface area contributed by atoms with Crippen LogP contribution in [0.1, 0.15) is 53.5 Å². The van der Waals surface area contributed by atoms with Crippen LogP contribution in [0.25, 0.3) is 5.57 Å². The largest absolute Gasteiger partial charge is 0.871 e. The van der Waals surface area contributed by atoms with Crippen LogP contribution >= 0.6 is 0 Å². The van der Waals surface area contributed by atoms with E-state index in [0.29, 0.717) is 61.7 Å². The van der Waals surface area contributed by atoms with Gasteiger partial charge in [0.2, 0.25) is 11.4 Å². The Morgan fingerprint density at radius 2 is 1.30 bits per heavy atom. The molecule has 298 valence electrons. The van der Waals surface area contributed by atoms with Gasteiger partial charge in [-0.15, -0.1) is 0 Å². The third-order valence-electron chi connectivity index (χ3n) is 9.80. The molecule has 0 amide bonds. The van der Waals surface area contributed by atoms with E-state index in [2.05, 4.69) is 0 Å². The van der Waals surface area contributed by atoms with Crippen LogP contribution in [0.2, 0.25) is 0 Å². The molecule has 0 atom stereocenters. The van der Waals surface area contributed by atoms with Gasteiger partial charge < -0.3 is 50.1 Å². The van der Waals surface area contributed by atoms with Gasteiger partial charge in [0.1, 0.15) is 42.8 Å². The standard InChI is InChI=1S/C44H52N2O10/c1-27-21-33(55-19-17-49)22-28(2)41(27)45(13-5-7-15-47)31-9-11-35(37(51)25-31)39-43(53)40(44(39)54)36-12-10-32(26-38(36)52)46(14-6-8-16-48)42-29(3)23-34(24-30(42)4)56-20-18-50/h9-12,21-26,47-50H,5-8,13-20H2,1-4H3,(H2,51,52,53,54). The van der Waals surface area contributed by atoms with Crippen LogP contribution in [0, 0.1) is 27.7 Å². The number of nitrogens with zero attached hydrogens (tertiary/aromatic N) is 2. The summed E-state index contributed by atoms with van der Waals surface area (Å²) in [5.74, 6) is -0.435. The maximum absolute atomic E-state index is 13.7. The van der Waals surface area contributed by atoms with E-state index in [9.17, 15) is 40.5 Å². The lowest BCUT2D eigenvalue weighted by molar-refractivity contribution is -0.441. The fraction of sp³-hybridized carbons (Fsp3) is 0.364. The number of phenolic OH excluding ortho intramolecular Hbond substituents is 1. The number of Topliss-reactive ketones (excluding diaryl/α,β-unsaturated/α-hetero) is 1. The number of ketones is 1. The molecule has 0 unspecified atom stereocenters. The number of ether oxygens (including phenoxy) is 2. The minimum atomic E-state index is -0.587. The van der Waals surface area contributed by atoms with Crippen LogP contribution in [0.5, 0.6) is 17.2 Å². The number of phenols is 1. The Balaban J connectivity index is 1.49. The van der Waals surface area contributed by atoms with Gasteiger partial charge in [0, 0.05) is 83.1 Å². The molecule has 12 nitrogen and oxygen atoms in total. The lowest BCUT2D eigenvalue weighted by Crippen LogP contribution is -2.31. The smallest absolute Gasteiger partial charge is 0.211 e. The van der Waals surface area contributed by atoms with Crippen molar-refractivity contribution in [3.63, 3.8) is 0 Å². The zero-order chi connectivity index (χ0) is 40.5. The predicted octanol–water partition coefficient (Wildman–Crippen LogP) is 4.80.